The van der Waals surface area contributed by atoms with Crippen molar-refractivity contribution in [3.05, 3.63) is 0 Å². The molecule has 1 fully saturated rings. The average Bonchev–Trinajstić information content (AvgIpc) is 1.99. The number of amides is 1. The average molecular weight is 251 g/mol. The molecule has 5 heteroatoms. The van der Waals surface area contributed by atoms with E-state index in [2.05, 4.69) is 0 Å². The molecule has 1 rings (SSSR count). The lowest BCUT2D eigenvalue weighted by Crippen LogP contribution is -2.49. The highest BCUT2D eigenvalue weighted by atomic mass is 35.5. The maximum Gasteiger partial charge on any atom is 0.410 e. The Morgan fingerprint density at radius 2 is 2.00 bits per heavy atom. The number of piperidine rings is 1. The molecule has 1 heterocycles. The van der Waals surface area contributed by atoms with Crippen molar-refractivity contribution in [3.63, 3.8) is 0 Å². The van der Waals surface area contributed by atoms with Crippen LogP contribution in [-0.4, -0.2) is 35.2 Å². The Balaban J connectivity index is 0.00000225. The third kappa shape index (κ3) is 4.58. The summed E-state index contributed by atoms with van der Waals surface area (Å²) >= 11 is 0. The van der Waals surface area contributed by atoms with E-state index in [9.17, 15) is 4.79 Å². The lowest BCUT2D eigenvalue weighted by molar-refractivity contribution is 0.0107. The fraction of sp³-hybridized carbons (Fsp3) is 0.909. The molecule has 1 aliphatic heterocycles. The maximum atomic E-state index is 11.8. The van der Waals surface area contributed by atoms with E-state index in [1.54, 1.807) is 4.90 Å². The van der Waals surface area contributed by atoms with Crippen molar-refractivity contribution in [1.82, 2.24) is 4.90 Å². The largest absolute Gasteiger partial charge is 0.444 e. The smallest absolute Gasteiger partial charge is 0.410 e. The van der Waals surface area contributed by atoms with Crippen LogP contribution in [0, 0.1) is 0 Å². The number of carbonyl (C=O) groups excluding carboxylic acids is 1. The van der Waals surface area contributed by atoms with Crippen LogP contribution in [0.2, 0.25) is 0 Å². The van der Waals surface area contributed by atoms with Crippen LogP contribution in [0.15, 0.2) is 0 Å². The first-order chi connectivity index (χ1) is 6.79. The highest BCUT2D eigenvalue weighted by Crippen LogP contribution is 2.19. The van der Waals surface area contributed by atoms with Gasteiger partial charge in [-0.25, -0.2) is 4.79 Å². The Kier molecular flexibility index (Phi) is 5.56. The third-order valence-corrected chi connectivity index (χ3v) is 2.54. The van der Waals surface area contributed by atoms with Gasteiger partial charge in [-0.3, -0.25) is 0 Å². The molecule has 1 amide bonds. The number of nitrogens with two attached hydrogens (primary N) is 1. The van der Waals surface area contributed by atoms with Crippen molar-refractivity contribution in [2.75, 3.05) is 6.54 Å². The molecule has 0 aliphatic carbocycles. The van der Waals surface area contributed by atoms with Crippen LogP contribution in [0.4, 0.5) is 4.79 Å². The molecule has 0 bridgehead atoms. The molecule has 2 N–H and O–H groups in total. The van der Waals surface area contributed by atoms with Crippen LogP contribution in [0.25, 0.3) is 0 Å². The predicted molar refractivity (Wildman–Crippen MR) is 66.9 cm³/mol. The Morgan fingerprint density at radius 1 is 1.44 bits per heavy atom. The van der Waals surface area contributed by atoms with Crippen LogP contribution in [-0.2, 0) is 4.74 Å². The van der Waals surface area contributed by atoms with Gasteiger partial charge < -0.3 is 15.4 Å². The van der Waals surface area contributed by atoms with Gasteiger partial charge in [-0.2, -0.15) is 0 Å². The summed E-state index contributed by atoms with van der Waals surface area (Å²) in [7, 11) is 0. The van der Waals surface area contributed by atoms with Gasteiger partial charge in [0.05, 0.1) is 0 Å². The number of likely N-dealkylation sites (tertiary alicyclic amines) is 1. The lowest BCUT2D eigenvalue weighted by atomic mass is 10.00. The second kappa shape index (κ2) is 5.73. The molecule has 0 spiro atoms. The third-order valence-electron chi connectivity index (χ3n) is 2.54. The van der Waals surface area contributed by atoms with Crippen LogP contribution in [0.3, 0.4) is 0 Å². The normalized spacial score (nSPS) is 25.9. The van der Waals surface area contributed by atoms with E-state index < -0.39 is 5.60 Å². The van der Waals surface area contributed by atoms with E-state index in [4.69, 9.17) is 10.5 Å². The molecule has 0 aromatic rings. The van der Waals surface area contributed by atoms with Gasteiger partial charge in [-0.05, 0) is 40.5 Å². The van der Waals surface area contributed by atoms with Crippen molar-refractivity contribution in [2.45, 2.75) is 58.2 Å². The molecule has 96 valence electrons. The van der Waals surface area contributed by atoms with Crippen LogP contribution in [0.5, 0.6) is 0 Å². The summed E-state index contributed by atoms with van der Waals surface area (Å²) in [5.41, 5.74) is 5.42. The van der Waals surface area contributed by atoms with Gasteiger partial charge in [0.15, 0.2) is 0 Å². The lowest BCUT2D eigenvalue weighted by Gasteiger charge is -2.37. The van der Waals surface area contributed by atoms with E-state index >= 15 is 0 Å². The molecule has 1 unspecified atom stereocenters. The summed E-state index contributed by atoms with van der Waals surface area (Å²) in [4.78, 5) is 13.6. The Bertz CT molecular complexity index is 241. The molecule has 1 saturated heterocycles. The first kappa shape index (κ1) is 15.5. The minimum Gasteiger partial charge on any atom is -0.444 e. The molecule has 1 aliphatic rings. The minimum absolute atomic E-state index is 0. The first-order valence-electron chi connectivity index (χ1n) is 5.55. The summed E-state index contributed by atoms with van der Waals surface area (Å²) in [6.45, 7) is 8.36. The number of halogens is 1. The van der Waals surface area contributed by atoms with Gasteiger partial charge in [0.25, 0.3) is 0 Å². The van der Waals surface area contributed by atoms with Gasteiger partial charge >= 0.3 is 6.09 Å². The zero-order valence-electron chi connectivity index (χ0n) is 10.5. The zero-order chi connectivity index (χ0) is 11.6. The van der Waals surface area contributed by atoms with Crippen molar-refractivity contribution >= 4 is 18.5 Å². The van der Waals surface area contributed by atoms with Crippen LogP contribution in [0.1, 0.15) is 40.5 Å². The van der Waals surface area contributed by atoms with Crippen molar-refractivity contribution in [3.8, 4) is 0 Å². The van der Waals surface area contributed by atoms with Gasteiger partial charge in [0.1, 0.15) is 5.60 Å². The summed E-state index contributed by atoms with van der Waals surface area (Å²) in [5, 5.41) is 0. The number of ether oxygens (including phenoxy) is 1. The Morgan fingerprint density at radius 3 is 2.44 bits per heavy atom. The number of nitrogens with zero attached hydrogens (tertiary/aromatic N) is 1. The van der Waals surface area contributed by atoms with Crippen molar-refractivity contribution in [1.29, 1.82) is 0 Å². The van der Waals surface area contributed by atoms with E-state index in [-0.39, 0.29) is 30.6 Å². The molecule has 0 aromatic carbocycles. The van der Waals surface area contributed by atoms with Crippen LogP contribution < -0.4 is 5.73 Å². The van der Waals surface area contributed by atoms with Crippen molar-refractivity contribution in [2.24, 2.45) is 5.73 Å². The number of carbonyl (C=O) groups is 1. The molecular weight excluding hydrogens is 228 g/mol. The minimum atomic E-state index is -0.420. The monoisotopic (exact) mass is 250 g/mol. The second-order valence-electron chi connectivity index (χ2n) is 5.31. The van der Waals surface area contributed by atoms with Gasteiger partial charge in [0.2, 0.25) is 0 Å². The molecule has 0 aromatic heterocycles. The van der Waals surface area contributed by atoms with Crippen molar-refractivity contribution < 1.29 is 9.53 Å². The topological polar surface area (TPSA) is 55.6 Å². The highest BCUT2D eigenvalue weighted by Gasteiger charge is 2.30. The van der Waals surface area contributed by atoms with Gasteiger partial charge in [-0.1, -0.05) is 0 Å². The molecule has 0 saturated carbocycles. The fourth-order valence-electron chi connectivity index (χ4n) is 1.80. The predicted octanol–water partition coefficient (Wildman–Crippen LogP) is 2.15. The quantitative estimate of drug-likeness (QED) is 0.717. The zero-order valence-corrected chi connectivity index (χ0v) is 11.3. The van der Waals surface area contributed by atoms with Gasteiger partial charge in [-0.15, -0.1) is 12.4 Å². The Hall–Kier alpha value is -0.480. The summed E-state index contributed by atoms with van der Waals surface area (Å²) in [6.07, 6.45) is 1.50. The molecule has 16 heavy (non-hydrogen) atoms. The molecule has 2 atom stereocenters. The van der Waals surface area contributed by atoms with E-state index in [0.29, 0.717) is 6.54 Å². The van der Waals surface area contributed by atoms with E-state index in [1.165, 1.54) is 0 Å². The summed E-state index contributed by atoms with van der Waals surface area (Å²) < 4.78 is 5.33. The van der Waals surface area contributed by atoms with Crippen LogP contribution >= 0.6 is 12.4 Å². The fourth-order valence-corrected chi connectivity index (χ4v) is 1.80. The SMILES string of the molecule is C[C@H]1CC(N)CCN1C(=O)OC(C)(C)C.Cl. The number of hydrogen-bond acceptors (Lipinski definition) is 3. The van der Waals surface area contributed by atoms with Gasteiger partial charge in [0, 0.05) is 18.6 Å². The number of hydrogen-bond donors (Lipinski definition) is 1. The first-order valence-corrected chi connectivity index (χ1v) is 5.55. The molecular formula is C11H23ClN2O2. The standard InChI is InChI=1S/C11H22N2O2.ClH/c1-8-7-9(12)5-6-13(8)10(14)15-11(2,3)4;/h8-9H,5-7,12H2,1-4H3;1H/t8-,9?;/m0./s1. The Labute approximate surface area is 104 Å². The summed E-state index contributed by atoms with van der Waals surface area (Å²) in [5.74, 6) is 0. The number of rotatable bonds is 0. The highest BCUT2D eigenvalue weighted by molar-refractivity contribution is 5.85. The second-order valence-corrected chi connectivity index (χ2v) is 5.31. The molecule has 4 nitrogen and oxygen atoms in total. The maximum absolute atomic E-state index is 11.8. The molecule has 0 radical (unpaired) electrons. The summed E-state index contributed by atoms with van der Waals surface area (Å²) in [6, 6.07) is 0.405. The van der Waals surface area contributed by atoms with E-state index in [1.807, 2.05) is 27.7 Å². The van der Waals surface area contributed by atoms with E-state index in [0.717, 1.165) is 12.8 Å².